The number of carbonyl (C=O) groups is 1. The Balaban J connectivity index is 1.65. The zero-order valence-electron chi connectivity index (χ0n) is 12.3. The number of nitrogens with zero attached hydrogens (tertiary/aromatic N) is 2. The minimum absolute atomic E-state index is 0.0831. The van der Waals surface area contributed by atoms with E-state index in [0.717, 1.165) is 11.1 Å². The maximum atomic E-state index is 12.0. The van der Waals surface area contributed by atoms with Crippen LogP contribution in [0.1, 0.15) is 5.56 Å². The Hall–Kier alpha value is -3.15. The largest absolute Gasteiger partial charge is 0.419 e. The van der Waals surface area contributed by atoms with E-state index >= 15 is 0 Å². The second kappa shape index (κ2) is 6.74. The van der Waals surface area contributed by atoms with Crippen LogP contribution in [-0.2, 0) is 17.9 Å². The molecule has 6 nitrogen and oxygen atoms in total. The van der Waals surface area contributed by atoms with Crippen molar-refractivity contribution in [2.45, 2.75) is 13.1 Å². The Labute approximate surface area is 132 Å². The normalized spacial score (nSPS) is 10.4. The van der Waals surface area contributed by atoms with Crippen LogP contribution >= 0.6 is 0 Å². The van der Waals surface area contributed by atoms with Gasteiger partial charge in [-0.1, -0.05) is 30.3 Å². The molecule has 0 fully saturated rings. The first-order valence-corrected chi connectivity index (χ1v) is 7.13. The number of hydrogen-bond acceptors (Lipinski definition) is 4. The van der Waals surface area contributed by atoms with Gasteiger partial charge in [-0.15, -0.1) is 0 Å². The van der Waals surface area contributed by atoms with Crippen LogP contribution in [0, 0.1) is 0 Å². The van der Waals surface area contributed by atoms with Gasteiger partial charge in [-0.2, -0.15) is 0 Å². The van der Waals surface area contributed by atoms with Gasteiger partial charge >= 0.3 is 5.76 Å². The molecular formula is C17H15N3O3. The lowest BCUT2D eigenvalue weighted by Gasteiger charge is -2.04. The lowest BCUT2D eigenvalue weighted by molar-refractivity contribution is -0.121. The molecule has 0 aliphatic carbocycles. The fraction of sp³-hybridized carbons (Fsp3) is 0.118. The molecule has 0 spiro atoms. The van der Waals surface area contributed by atoms with Gasteiger partial charge in [0.1, 0.15) is 6.54 Å². The minimum atomic E-state index is -0.553. The van der Waals surface area contributed by atoms with Gasteiger partial charge in [-0.25, -0.2) is 4.79 Å². The number of hydrogen-bond donors (Lipinski definition) is 1. The molecule has 0 aliphatic rings. The smallest absolute Gasteiger partial charge is 0.408 e. The van der Waals surface area contributed by atoms with Crippen molar-refractivity contribution in [3.8, 4) is 11.3 Å². The summed E-state index contributed by atoms with van der Waals surface area (Å²) in [6.45, 7) is 0.305. The molecule has 0 radical (unpaired) electrons. The molecule has 0 unspecified atom stereocenters. The topological polar surface area (TPSA) is 77.1 Å². The van der Waals surface area contributed by atoms with Gasteiger partial charge in [-0.3, -0.25) is 14.3 Å². The molecule has 0 aliphatic heterocycles. The molecule has 0 atom stereocenters. The Kier molecular flexibility index (Phi) is 4.33. The fourth-order valence-electron chi connectivity index (χ4n) is 2.13. The second-order valence-corrected chi connectivity index (χ2v) is 4.99. The van der Waals surface area contributed by atoms with E-state index in [1.807, 2.05) is 42.5 Å². The summed E-state index contributed by atoms with van der Waals surface area (Å²) in [5.74, 6) is -0.371. The number of pyridine rings is 1. The first-order chi connectivity index (χ1) is 11.2. The lowest BCUT2D eigenvalue weighted by atomic mass is 10.2. The zero-order valence-corrected chi connectivity index (χ0v) is 12.3. The van der Waals surface area contributed by atoms with Crippen molar-refractivity contribution in [2.75, 3.05) is 0 Å². The first kappa shape index (κ1) is 14.8. The third-order valence-electron chi connectivity index (χ3n) is 3.32. The molecule has 0 saturated carbocycles. The van der Waals surface area contributed by atoms with Gasteiger partial charge in [-0.05, 0) is 17.7 Å². The molecule has 3 rings (SSSR count). The molecule has 6 heteroatoms. The summed E-state index contributed by atoms with van der Waals surface area (Å²) in [6.07, 6.45) is 4.87. The number of benzene rings is 1. The Bertz CT molecular complexity index is 838. The lowest BCUT2D eigenvalue weighted by Crippen LogP contribution is -2.30. The molecule has 3 aromatic rings. The van der Waals surface area contributed by atoms with Crippen LogP contribution in [0.2, 0.25) is 0 Å². The number of nitrogens with one attached hydrogen (secondary N) is 1. The maximum absolute atomic E-state index is 12.0. The number of rotatable bonds is 5. The van der Waals surface area contributed by atoms with Gasteiger partial charge in [0, 0.05) is 24.5 Å². The van der Waals surface area contributed by atoms with Crippen LogP contribution in [0.25, 0.3) is 11.3 Å². The number of aromatic nitrogens is 2. The highest BCUT2D eigenvalue weighted by molar-refractivity contribution is 5.75. The van der Waals surface area contributed by atoms with Gasteiger partial charge < -0.3 is 9.73 Å². The zero-order chi connectivity index (χ0) is 16.1. The van der Waals surface area contributed by atoms with Crippen molar-refractivity contribution in [2.24, 2.45) is 0 Å². The van der Waals surface area contributed by atoms with Gasteiger partial charge in [0.05, 0.1) is 6.20 Å². The van der Waals surface area contributed by atoms with E-state index < -0.39 is 5.76 Å². The van der Waals surface area contributed by atoms with Crippen LogP contribution in [-0.4, -0.2) is 15.5 Å². The van der Waals surface area contributed by atoms with Crippen molar-refractivity contribution in [3.63, 3.8) is 0 Å². The summed E-state index contributed by atoms with van der Waals surface area (Å²) >= 11 is 0. The van der Waals surface area contributed by atoms with E-state index in [0.29, 0.717) is 12.3 Å². The summed E-state index contributed by atoms with van der Waals surface area (Å²) in [5, 5.41) is 2.76. The highest BCUT2D eigenvalue weighted by atomic mass is 16.4. The summed E-state index contributed by atoms with van der Waals surface area (Å²) in [7, 11) is 0. The summed E-state index contributed by atoms with van der Waals surface area (Å²) in [5.41, 5.74) is 1.73. The van der Waals surface area contributed by atoms with Crippen LogP contribution in [0.4, 0.5) is 0 Å². The quantitative estimate of drug-likeness (QED) is 0.780. The Morgan fingerprint density at radius 3 is 2.61 bits per heavy atom. The molecule has 0 bridgehead atoms. The first-order valence-electron chi connectivity index (χ1n) is 7.13. The fourth-order valence-corrected chi connectivity index (χ4v) is 2.13. The van der Waals surface area contributed by atoms with E-state index in [-0.39, 0.29) is 12.5 Å². The van der Waals surface area contributed by atoms with E-state index in [2.05, 4.69) is 10.3 Å². The number of carbonyl (C=O) groups excluding carboxylic acids is 1. The van der Waals surface area contributed by atoms with Crippen LogP contribution in [0.3, 0.4) is 0 Å². The molecule has 1 amide bonds. The third kappa shape index (κ3) is 3.74. The summed E-state index contributed by atoms with van der Waals surface area (Å²) < 4.78 is 6.44. The van der Waals surface area contributed by atoms with E-state index in [9.17, 15) is 9.59 Å². The van der Waals surface area contributed by atoms with Gasteiger partial charge in [0.15, 0.2) is 5.76 Å². The average Bonchev–Trinajstić information content (AvgIpc) is 2.95. The van der Waals surface area contributed by atoms with Crippen molar-refractivity contribution in [1.29, 1.82) is 0 Å². The predicted molar refractivity (Wildman–Crippen MR) is 84.5 cm³/mol. The molecule has 1 aromatic carbocycles. The average molecular weight is 309 g/mol. The third-order valence-corrected chi connectivity index (χ3v) is 3.32. The molecule has 1 N–H and O–H groups in total. The molecule has 2 heterocycles. The van der Waals surface area contributed by atoms with Crippen LogP contribution < -0.4 is 11.1 Å². The SMILES string of the molecule is O=C(Cn1cc(-c2ccccc2)oc1=O)NCc1ccncc1. The Morgan fingerprint density at radius 1 is 1.13 bits per heavy atom. The highest BCUT2D eigenvalue weighted by Crippen LogP contribution is 2.16. The predicted octanol–water partition coefficient (Wildman–Crippen LogP) is 1.82. The molecule has 2 aromatic heterocycles. The maximum Gasteiger partial charge on any atom is 0.419 e. The molecular weight excluding hydrogens is 294 g/mol. The van der Waals surface area contributed by atoms with Crippen molar-refractivity contribution < 1.29 is 9.21 Å². The molecule has 116 valence electrons. The number of amides is 1. The second-order valence-electron chi connectivity index (χ2n) is 4.99. The summed E-state index contributed by atoms with van der Waals surface area (Å²) in [6, 6.07) is 12.9. The van der Waals surface area contributed by atoms with Crippen molar-refractivity contribution in [3.05, 3.63) is 77.2 Å². The summed E-state index contributed by atoms with van der Waals surface area (Å²) in [4.78, 5) is 27.7. The number of oxazole rings is 1. The van der Waals surface area contributed by atoms with Gasteiger partial charge in [0.25, 0.3) is 0 Å². The van der Waals surface area contributed by atoms with Crippen LogP contribution in [0.15, 0.2) is 70.3 Å². The van der Waals surface area contributed by atoms with Crippen molar-refractivity contribution in [1.82, 2.24) is 14.9 Å². The van der Waals surface area contributed by atoms with Crippen LogP contribution in [0.5, 0.6) is 0 Å². The monoisotopic (exact) mass is 309 g/mol. The highest BCUT2D eigenvalue weighted by Gasteiger charge is 2.11. The molecule has 0 saturated heterocycles. The van der Waals surface area contributed by atoms with E-state index in [4.69, 9.17) is 4.42 Å². The van der Waals surface area contributed by atoms with E-state index in [1.165, 1.54) is 4.57 Å². The standard InChI is InChI=1S/C17H15N3O3/c21-16(19-10-13-6-8-18-9-7-13)12-20-11-15(23-17(20)22)14-4-2-1-3-5-14/h1-9,11H,10,12H2,(H,19,21). The minimum Gasteiger partial charge on any atom is -0.408 e. The van der Waals surface area contributed by atoms with E-state index in [1.54, 1.807) is 18.6 Å². The molecule has 23 heavy (non-hydrogen) atoms. The Morgan fingerprint density at radius 2 is 1.87 bits per heavy atom. The van der Waals surface area contributed by atoms with Crippen molar-refractivity contribution >= 4 is 5.91 Å². The van der Waals surface area contributed by atoms with Gasteiger partial charge in [0.2, 0.25) is 5.91 Å².